The van der Waals surface area contributed by atoms with Gasteiger partial charge in [0.25, 0.3) is 0 Å². The minimum absolute atomic E-state index is 0. The first-order valence-corrected chi connectivity index (χ1v) is 14.0. The maximum Gasteiger partial charge on any atom is 2.00 e. The molecule has 7 rings (SSSR count). The molecule has 0 aliphatic rings. The van der Waals surface area contributed by atoms with Gasteiger partial charge in [-0.2, -0.15) is 6.07 Å². The number of rotatable bonds is 4. The van der Waals surface area contributed by atoms with Crippen LogP contribution >= 0.6 is 11.3 Å². The molecule has 0 N–H and O–H groups in total. The van der Waals surface area contributed by atoms with Crippen LogP contribution < -0.4 is 4.74 Å². The number of ether oxygens (including phenoxy) is 1. The van der Waals surface area contributed by atoms with Crippen LogP contribution in [0.25, 0.3) is 53.9 Å². The molecule has 0 saturated heterocycles. The summed E-state index contributed by atoms with van der Waals surface area (Å²) in [6.45, 7) is 14.2. The number of para-hydroxylation sites is 1. The molecule has 0 aliphatic heterocycles. The summed E-state index contributed by atoms with van der Waals surface area (Å²) in [6.07, 6.45) is 3.66. The Hall–Kier alpha value is -4.37. The maximum atomic E-state index is 7.65. The van der Waals surface area contributed by atoms with Crippen LogP contribution in [0, 0.1) is 18.7 Å². The molecule has 206 valence electrons. The zero-order valence-electron chi connectivity index (χ0n) is 23.0. The van der Waals surface area contributed by atoms with Gasteiger partial charge in [0.05, 0.1) is 22.3 Å². The van der Waals surface area contributed by atoms with Gasteiger partial charge >= 0.3 is 21.1 Å². The maximum absolute atomic E-state index is 7.65. The molecular weight excluding hydrogens is 722 g/mol. The molecule has 8 heteroatoms. The van der Waals surface area contributed by atoms with Crippen LogP contribution in [0.1, 0.15) is 26.3 Å². The summed E-state index contributed by atoms with van der Waals surface area (Å²) in [5.74, 6) is 1.75. The third-order valence-electron chi connectivity index (χ3n) is 7.07. The fourth-order valence-corrected chi connectivity index (χ4v) is 5.62. The molecule has 0 unspecified atom stereocenters. The molecule has 0 atom stereocenters. The molecule has 7 aromatic rings. The van der Waals surface area contributed by atoms with Crippen LogP contribution in [0.2, 0.25) is 0 Å². The van der Waals surface area contributed by atoms with E-state index in [2.05, 4.69) is 76.5 Å². The molecule has 0 radical (unpaired) electrons. The van der Waals surface area contributed by atoms with E-state index < -0.39 is 0 Å². The van der Waals surface area contributed by atoms with Crippen molar-refractivity contribution >= 4 is 49.0 Å². The number of thiazole rings is 1. The number of hydrogen-bond donors (Lipinski definition) is 0. The van der Waals surface area contributed by atoms with Crippen LogP contribution in [0.5, 0.6) is 11.5 Å². The molecule has 4 aromatic heterocycles. The van der Waals surface area contributed by atoms with Gasteiger partial charge in [-0.1, -0.05) is 62.7 Å². The molecule has 3 aromatic carbocycles. The zero-order valence-corrected chi connectivity index (χ0v) is 26.0. The second-order valence-corrected chi connectivity index (χ2v) is 11.7. The quantitative estimate of drug-likeness (QED) is 0.169. The molecule has 4 heterocycles. The van der Waals surface area contributed by atoms with Crippen LogP contribution in [-0.2, 0) is 26.5 Å². The van der Waals surface area contributed by atoms with Crippen LogP contribution in [-0.4, -0.2) is 19.5 Å². The number of pyridine rings is 2. The van der Waals surface area contributed by atoms with Gasteiger partial charge in [0.15, 0.2) is 0 Å². The van der Waals surface area contributed by atoms with Crippen molar-refractivity contribution < 1.29 is 25.8 Å². The van der Waals surface area contributed by atoms with Crippen molar-refractivity contribution in [2.75, 3.05) is 0 Å². The number of hydrogen-bond acceptors (Lipinski definition) is 5. The smallest absolute Gasteiger partial charge is 0.504 e. The fourth-order valence-electron chi connectivity index (χ4n) is 4.99. The molecule has 0 saturated carbocycles. The van der Waals surface area contributed by atoms with Crippen molar-refractivity contribution in [1.82, 2.24) is 19.5 Å². The first kappa shape index (κ1) is 27.8. The van der Waals surface area contributed by atoms with Crippen molar-refractivity contribution in [3.8, 4) is 28.6 Å². The van der Waals surface area contributed by atoms with E-state index in [0.717, 1.165) is 37.8 Å². The average Bonchev–Trinajstić information content (AvgIpc) is 3.58. The van der Waals surface area contributed by atoms with E-state index in [1.807, 2.05) is 36.5 Å². The summed E-state index contributed by atoms with van der Waals surface area (Å²) < 4.78 is 9.44. The van der Waals surface area contributed by atoms with Crippen LogP contribution in [0.4, 0.5) is 5.69 Å². The Kier molecular flexibility index (Phi) is 7.14. The van der Waals surface area contributed by atoms with Crippen LogP contribution in [0.3, 0.4) is 0 Å². The summed E-state index contributed by atoms with van der Waals surface area (Å²) in [5, 5.41) is 2.16. The van der Waals surface area contributed by atoms with Gasteiger partial charge in [-0.15, -0.1) is 40.5 Å². The van der Waals surface area contributed by atoms with Gasteiger partial charge in [-0.05, 0) is 40.3 Å². The predicted octanol–water partition coefficient (Wildman–Crippen LogP) is 9.09. The van der Waals surface area contributed by atoms with E-state index in [-0.39, 0.29) is 26.5 Å². The van der Waals surface area contributed by atoms with E-state index in [4.69, 9.17) is 16.3 Å². The minimum Gasteiger partial charge on any atom is -0.504 e. The third kappa shape index (κ3) is 4.98. The first-order chi connectivity index (χ1) is 19.9. The Labute approximate surface area is 261 Å². The summed E-state index contributed by atoms with van der Waals surface area (Å²) in [4.78, 5) is 17.4. The van der Waals surface area contributed by atoms with Gasteiger partial charge < -0.3 is 14.3 Å². The average molecular weight is 745 g/mol. The number of fused-ring (bicyclic) bond motifs is 4. The molecule has 0 amide bonds. The largest absolute Gasteiger partial charge is 2.00 e. The van der Waals surface area contributed by atoms with Crippen molar-refractivity contribution in [3.63, 3.8) is 0 Å². The molecule has 0 spiro atoms. The molecular formula is C34H23N5OPtS. The van der Waals surface area contributed by atoms with Crippen molar-refractivity contribution in [2.24, 2.45) is 0 Å². The van der Waals surface area contributed by atoms with Crippen LogP contribution in [0.15, 0.2) is 84.6 Å². The van der Waals surface area contributed by atoms with Gasteiger partial charge in [0, 0.05) is 29.4 Å². The number of aromatic nitrogens is 4. The number of benzene rings is 3. The number of nitrogens with zero attached hydrogens (tertiary/aromatic N) is 5. The van der Waals surface area contributed by atoms with Crippen molar-refractivity contribution in [2.45, 2.75) is 26.2 Å². The van der Waals surface area contributed by atoms with Gasteiger partial charge in [-0.3, -0.25) is 4.85 Å². The van der Waals surface area contributed by atoms with E-state index in [1.54, 1.807) is 23.8 Å². The Bertz CT molecular complexity index is 2150. The summed E-state index contributed by atoms with van der Waals surface area (Å²) >= 11 is 1.54. The summed E-state index contributed by atoms with van der Waals surface area (Å²) in [5.41, 5.74) is 7.53. The van der Waals surface area contributed by atoms with Crippen molar-refractivity contribution in [3.05, 3.63) is 114 Å². The van der Waals surface area contributed by atoms with Gasteiger partial charge in [0.1, 0.15) is 11.5 Å². The standard InChI is InChI=1S/C34H23N5OS.Pt/c1-34(2,3)22-11-12-36-33(15-22)39-30-8-6-5-7-26(30)27-10-9-24(17-31(27)39)40-25-14-21(13-23(16-25)35-4)28-18-29-32(19-37-28)41-20-38-29;/h5-13,15-16,18-20H,1-3H3;/q-2;+2. The molecule has 42 heavy (non-hydrogen) atoms. The second kappa shape index (κ2) is 10.8. The molecule has 0 fully saturated rings. The van der Waals surface area contributed by atoms with E-state index >= 15 is 0 Å². The normalized spacial score (nSPS) is 11.5. The monoisotopic (exact) mass is 744 g/mol. The Morgan fingerprint density at radius 3 is 2.60 bits per heavy atom. The first-order valence-electron chi connectivity index (χ1n) is 13.1. The predicted molar refractivity (Wildman–Crippen MR) is 164 cm³/mol. The van der Waals surface area contributed by atoms with Gasteiger partial charge in [0.2, 0.25) is 0 Å². The van der Waals surface area contributed by atoms with E-state index in [1.165, 1.54) is 16.9 Å². The van der Waals surface area contributed by atoms with E-state index in [0.29, 0.717) is 28.4 Å². The SMILES string of the molecule is [C-]#[N+]c1cc(Oc2[c-]c3c(cc2)c2ccccc2n3-c2cc(C(C)(C)C)ccn2)[c-]c(-c2cc3ncsc3cn2)c1.[Pt+2]. The second-order valence-electron chi connectivity index (χ2n) is 10.8. The van der Waals surface area contributed by atoms with Gasteiger partial charge in [-0.25, -0.2) is 9.97 Å². The third-order valence-corrected chi connectivity index (χ3v) is 7.85. The van der Waals surface area contributed by atoms with E-state index in [9.17, 15) is 0 Å². The Morgan fingerprint density at radius 1 is 0.905 bits per heavy atom. The Balaban J connectivity index is 0.00000316. The zero-order chi connectivity index (χ0) is 28.1. The fraction of sp³-hybridized carbons (Fsp3) is 0.118. The van der Waals surface area contributed by atoms with Crippen molar-refractivity contribution in [1.29, 1.82) is 0 Å². The molecule has 0 aliphatic carbocycles. The minimum atomic E-state index is -0.0191. The topological polar surface area (TPSA) is 57.2 Å². The molecule has 6 nitrogen and oxygen atoms in total. The molecule has 0 bridgehead atoms. The summed E-state index contributed by atoms with van der Waals surface area (Å²) in [7, 11) is 0. The summed E-state index contributed by atoms with van der Waals surface area (Å²) in [6, 6.07) is 28.6. The Morgan fingerprint density at radius 2 is 1.76 bits per heavy atom.